The third-order valence-corrected chi connectivity index (χ3v) is 7.04. The van der Waals surface area contributed by atoms with Crippen molar-refractivity contribution in [3.63, 3.8) is 0 Å². The Morgan fingerprint density at radius 1 is 1.05 bits per heavy atom. The Kier molecular flexibility index (Phi) is 8.52. The van der Waals surface area contributed by atoms with Gasteiger partial charge in [0.1, 0.15) is 6.61 Å². The second-order valence-electron chi connectivity index (χ2n) is 7.87. The Bertz CT molecular complexity index is 1380. The fraction of sp³-hybridized carbons (Fsp3) is 0.154. The minimum atomic E-state index is -0.505. The van der Waals surface area contributed by atoms with Gasteiger partial charge >= 0.3 is 0 Å². The molecule has 8 nitrogen and oxygen atoms in total. The normalized spacial score (nSPS) is 14.4. The number of amides is 2. The van der Waals surface area contributed by atoms with Gasteiger partial charge in [-0.3, -0.25) is 24.6 Å². The summed E-state index contributed by atoms with van der Waals surface area (Å²) in [6, 6.07) is 16.6. The molecule has 1 heterocycles. The molecule has 3 aromatic rings. The summed E-state index contributed by atoms with van der Waals surface area (Å²) in [6.07, 6.45) is 1.62. The Morgan fingerprint density at radius 2 is 1.73 bits per heavy atom. The van der Waals surface area contributed by atoms with Gasteiger partial charge in [-0.15, -0.1) is 0 Å². The topological polar surface area (TPSA) is 99.0 Å². The van der Waals surface area contributed by atoms with Crippen LogP contribution in [0.2, 0.25) is 5.02 Å². The van der Waals surface area contributed by atoms with Crippen molar-refractivity contribution in [3.8, 4) is 11.5 Å². The molecule has 0 radical (unpaired) electrons. The second kappa shape index (κ2) is 11.8. The van der Waals surface area contributed by atoms with E-state index >= 15 is 0 Å². The lowest BCUT2D eigenvalue weighted by Crippen LogP contribution is -2.27. The highest BCUT2D eigenvalue weighted by atomic mass is 79.9. The molecule has 0 aromatic heterocycles. The van der Waals surface area contributed by atoms with E-state index in [9.17, 15) is 19.7 Å². The number of hydrogen-bond donors (Lipinski definition) is 0. The molecule has 2 amide bonds. The molecule has 3 aromatic carbocycles. The van der Waals surface area contributed by atoms with Gasteiger partial charge in [0.15, 0.2) is 11.5 Å². The molecule has 1 aliphatic rings. The second-order valence-corrected chi connectivity index (χ2v) is 10.2. The summed E-state index contributed by atoms with van der Waals surface area (Å²) in [5.41, 5.74) is 2.13. The highest BCUT2D eigenvalue weighted by molar-refractivity contribution is 9.10. The van der Waals surface area contributed by atoms with Gasteiger partial charge < -0.3 is 9.47 Å². The predicted molar refractivity (Wildman–Crippen MR) is 146 cm³/mol. The van der Waals surface area contributed by atoms with Gasteiger partial charge in [0.05, 0.1) is 27.5 Å². The van der Waals surface area contributed by atoms with Crippen molar-refractivity contribution >= 4 is 62.2 Å². The van der Waals surface area contributed by atoms with Gasteiger partial charge in [-0.2, -0.15) is 0 Å². The first-order chi connectivity index (χ1) is 17.7. The summed E-state index contributed by atoms with van der Waals surface area (Å²) in [5.74, 6) is 0.563. The highest BCUT2D eigenvalue weighted by Crippen LogP contribution is 2.40. The highest BCUT2D eigenvalue weighted by Gasteiger charge is 2.35. The molecule has 190 valence electrons. The van der Waals surface area contributed by atoms with Crippen molar-refractivity contribution in [2.75, 3.05) is 6.61 Å². The standard InChI is InChI=1S/C26H20BrClN2O6S/c1-2-35-22-12-18(11-21(27)24(22)36-15-17-3-7-19(28)8-4-17)13-23-25(31)29(26(32)37-23)14-16-5-9-20(10-6-16)30(33)34/h3-13H,2,14-15H2,1H3/b23-13-. The van der Waals surface area contributed by atoms with Crippen LogP contribution in [0.5, 0.6) is 11.5 Å². The Hall–Kier alpha value is -3.34. The predicted octanol–water partition coefficient (Wildman–Crippen LogP) is 7.22. The Labute approximate surface area is 230 Å². The molecule has 37 heavy (non-hydrogen) atoms. The van der Waals surface area contributed by atoms with Gasteiger partial charge in [0, 0.05) is 17.2 Å². The van der Waals surface area contributed by atoms with E-state index in [4.69, 9.17) is 21.1 Å². The van der Waals surface area contributed by atoms with Gasteiger partial charge in [0.25, 0.3) is 16.8 Å². The molecule has 1 aliphatic heterocycles. The van der Waals surface area contributed by atoms with E-state index < -0.39 is 16.1 Å². The number of non-ortho nitro benzene ring substituents is 1. The van der Waals surface area contributed by atoms with Crippen LogP contribution >= 0.6 is 39.3 Å². The number of benzene rings is 3. The molecule has 0 N–H and O–H groups in total. The van der Waals surface area contributed by atoms with E-state index in [1.807, 2.05) is 19.1 Å². The number of nitro groups is 1. The van der Waals surface area contributed by atoms with E-state index in [0.29, 0.717) is 45.3 Å². The van der Waals surface area contributed by atoms with E-state index in [2.05, 4.69) is 15.9 Å². The maximum atomic E-state index is 13.0. The molecular formula is C26H20BrClN2O6S. The lowest BCUT2D eigenvalue weighted by molar-refractivity contribution is -0.384. The third-order valence-electron chi connectivity index (χ3n) is 5.29. The zero-order valence-electron chi connectivity index (χ0n) is 19.5. The van der Waals surface area contributed by atoms with E-state index in [1.54, 1.807) is 30.3 Å². The van der Waals surface area contributed by atoms with Crippen LogP contribution in [0, 0.1) is 10.1 Å². The third kappa shape index (κ3) is 6.51. The zero-order chi connectivity index (χ0) is 26.5. The maximum absolute atomic E-state index is 13.0. The fourth-order valence-electron chi connectivity index (χ4n) is 3.50. The van der Waals surface area contributed by atoms with Crippen LogP contribution < -0.4 is 9.47 Å². The van der Waals surface area contributed by atoms with Crippen molar-refractivity contribution in [1.82, 2.24) is 4.90 Å². The van der Waals surface area contributed by atoms with Gasteiger partial charge in [-0.1, -0.05) is 35.9 Å². The van der Waals surface area contributed by atoms with E-state index in [1.165, 1.54) is 24.3 Å². The van der Waals surface area contributed by atoms with Crippen LogP contribution in [0.25, 0.3) is 6.08 Å². The molecule has 4 rings (SSSR count). The van der Waals surface area contributed by atoms with E-state index in [0.717, 1.165) is 22.2 Å². The summed E-state index contributed by atoms with van der Waals surface area (Å²) in [5, 5.41) is 11.1. The molecule has 0 bridgehead atoms. The van der Waals surface area contributed by atoms with Crippen molar-refractivity contribution in [1.29, 1.82) is 0 Å². The minimum Gasteiger partial charge on any atom is -0.490 e. The van der Waals surface area contributed by atoms with Crippen molar-refractivity contribution < 1.29 is 24.0 Å². The number of rotatable bonds is 9. The van der Waals surface area contributed by atoms with Gasteiger partial charge in [-0.25, -0.2) is 0 Å². The summed E-state index contributed by atoms with van der Waals surface area (Å²) in [4.78, 5) is 37.2. The first kappa shape index (κ1) is 26.7. The molecule has 1 saturated heterocycles. The zero-order valence-corrected chi connectivity index (χ0v) is 22.6. The molecule has 0 atom stereocenters. The van der Waals surface area contributed by atoms with Crippen LogP contribution in [0.4, 0.5) is 10.5 Å². The molecule has 0 spiro atoms. The van der Waals surface area contributed by atoms with Crippen molar-refractivity contribution in [2.24, 2.45) is 0 Å². The summed E-state index contributed by atoms with van der Waals surface area (Å²) >= 11 is 10.3. The lowest BCUT2D eigenvalue weighted by atomic mass is 10.1. The van der Waals surface area contributed by atoms with Crippen LogP contribution in [-0.4, -0.2) is 27.6 Å². The minimum absolute atomic E-state index is 0.0192. The Balaban J connectivity index is 1.52. The van der Waals surface area contributed by atoms with Gasteiger partial charge in [0.2, 0.25) is 0 Å². The molecule has 0 saturated carbocycles. The Morgan fingerprint density at radius 3 is 2.38 bits per heavy atom. The monoisotopic (exact) mass is 602 g/mol. The number of thioether (sulfide) groups is 1. The summed E-state index contributed by atoms with van der Waals surface area (Å²) in [6.45, 7) is 2.58. The lowest BCUT2D eigenvalue weighted by Gasteiger charge is -2.15. The molecule has 0 aliphatic carbocycles. The van der Waals surface area contributed by atoms with Crippen molar-refractivity contribution in [3.05, 3.63) is 102 Å². The van der Waals surface area contributed by atoms with Crippen molar-refractivity contribution in [2.45, 2.75) is 20.1 Å². The fourth-order valence-corrected chi connectivity index (χ4v) is 5.04. The van der Waals surface area contributed by atoms with Crippen LogP contribution in [0.15, 0.2) is 70.0 Å². The number of imide groups is 1. The summed E-state index contributed by atoms with van der Waals surface area (Å²) in [7, 11) is 0. The van der Waals surface area contributed by atoms with E-state index in [-0.39, 0.29) is 17.1 Å². The number of halogens is 2. The average Bonchev–Trinajstić information content (AvgIpc) is 3.12. The number of nitrogens with zero attached hydrogens (tertiary/aromatic N) is 2. The average molecular weight is 604 g/mol. The smallest absolute Gasteiger partial charge is 0.293 e. The van der Waals surface area contributed by atoms with Gasteiger partial charge in [-0.05, 0) is 81.6 Å². The number of carbonyl (C=O) groups is 2. The molecular weight excluding hydrogens is 584 g/mol. The van der Waals surface area contributed by atoms with Crippen LogP contribution in [0.3, 0.4) is 0 Å². The number of hydrogen-bond acceptors (Lipinski definition) is 7. The summed E-state index contributed by atoms with van der Waals surface area (Å²) < 4.78 is 12.4. The quantitative estimate of drug-likeness (QED) is 0.145. The number of carbonyl (C=O) groups excluding carboxylic acids is 2. The maximum Gasteiger partial charge on any atom is 0.293 e. The SMILES string of the molecule is CCOc1cc(/C=C2\SC(=O)N(Cc3ccc([N+](=O)[O-])cc3)C2=O)cc(Br)c1OCc1ccc(Cl)cc1. The molecule has 1 fully saturated rings. The number of ether oxygens (including phenoxy) is 2. The van der Waals surface area contributed by atoms with Crippen LogP contribution in [0.1, 0.15) is 23.6 Å². The largest absolute Gasteiger partial charge is 0.490 e. The molecule has 11 heteroatoms. The first-order valence-corrected chi connectivity index (χ1v) is 13.1. The first-order valence-electron chi connectivity index (χ1n) is 11.1. The molecule has 0 unspecified atom stereocenters. The number of nitro benzene ring substituents is 1. The van der Waals surface area contributed by atoms with Crippen LogP contribution in [-0.2, 0) is 17.9 Å².